The maximum atomic E-state index is 12.1. The van der Waals surface area contributed by atoms with Gasteiger partial charge in [-0.2, -0.15) is 5.10 Å². The summed E-state index contributed by atoms with van der Waals surface area (Å²) >= 11 is 4.84. The zero-order chi connectivity index (χ0) is 15.3. The van der Waals surface area contributed by atoms with Crippen LogP contribution in [0.5, 0.6) is 0 Å². The lowest BCUT2D eigenvalue weighted by Gasteiger charge is -2.07. The van der Waals surface area contributed by atoms with Crippen LogP contribution in [0.15, 0.2) is 35.5 Å². The number of nitrogens with one attached hydrogen (secondary N) is 2. The van der Waals surface area contributed by atoms with Crippen LogP contribution in [0.1, 0.15) is 17.8 Å². The Balaban J connectivity index is 1.95. The second-order valence-electron chi connectivity index (χ2n) is 4.33. The number of benzene rings is 1. The van der Waals surface area contributed by atoms with Crippen molar-refractivity contribution >= 4 is 27.2 Å². The van der Waals surface area contributed by atoms with Crippen LogP contribution < -0.4 is 10.5 Å². The van der Waals surface area contributed by atoms with E-state index in [-0.39, 0.29) is 9.88 Å². The average Bonchev–Trinajstić information content (AvgIpc) is 2.97. The summed E-state index contributed by atoms with van der Waals surface area (Å²) in [7, 11) is -3.57. The molecule has 0 aliphatic carbocycles. The van der Waals surface area contributed by atoms with E-state index in [1.54, 1.807) is 12.1 Å². The third-order valence-electron chi connectivity index (χ3n) is 2.78. The minimum absolute atomic E-state index is 0.146. The van der Waals surface area contributed by atoms with Gasteiger partial charge in [0.15, 0.2) is 0 Å². The van der Waals surface area contributed by atoms with Gasteiger partial charge in [-0.1, -0.05) is 24.4 Å². The normalized spacial score (nSPS) is 11.4. The van der Waals surface area contributed by atoms with Gasteiger partial charge in [0, 0.05) is 18.5 Å². The highest BCUT2D eigenvalue weighted by atomic mass is 32.2. The molecule has 21 heavy (non-hydrogen) atoms. The van der Waals surface area contributed by atoms with Crippen molar-refractivity contribution in [3.63, 3.8) is 0 Å². The topological polar surface area (TPSA) is 114 Å². The van der Waals surface area contributed by atoms with E-state index in [1.165, 1.54) is 18.5 Å². The molecular weight excluding hydrogens is 310 g/mol. The molecule has 1 aromatic heterocycles. The van der Waals surface area contributed by atoms with Crippen LogP contribution >= 0.6 is 12.2 Å². The molecule has 0 atom stereocenters. The minimum Gasteiger partial charge on any atom is -0.389 e. The largest absolute Gasteiger partial charge is 0.389 e. The smallest absolute Gasteiger partial charge is 0.240 e. The van der Waals surface area contributed by atoms with Crippen LogP contribution in [0, 0.1) is 0 Å². The van der Waals surface area contributed by atoms with Gasteiger partial charge in [0.05, 0.1) is 4.90 Å². The Morgan fingerprint density at radius 3 is 2.90 bits per heavy atom. The molecule has 0 spiro atoms. The standard InChI is InChI=1S/C12H15N5O2S2/c13-12(20)9-3-1-4-10(7-9)21(18,19)16-6-2-5-11-14-8-15-17-11/h1,3-4,7-8,16H,2,5-6H2,(H2,13,20)(H,14,15,17). The predicted molar refractivity (Wildman–Crippen MR) is 82.2 cm³/mol. The molecule has 0 radical (unpaired) electrons. The van der Waals surface area contributed by atoms with Gasteiger partial charge in [-0.25, -0.2) is 18.1 Å². The van der Waals surface area contributed by atoms with E-state index in [9.17, 15) is 8.42 Å². The summed E-state index contributed by atoms with van der Waals surface area (Å²) in [5.41, 5.74) is 6.02. The van der Waals surface area contributed by atoms with E-state index in [0.717, 1.165) is 5.82 Å². The minimum atomic E-state index is -3.57. The number of aromatic amines is 1. The summed E-state index contributed by atoms with van der Waals surface area (Å²) in [6.45, 7) is 0.306. The molecule has 0 aliphatic rings. The Morgan fingerprint density at radius 2 is 2.24 bits per heavy atom. The molecule has 0 saturated heterocycles. The van der Waals surface area contributed by atoms with E-state index in [1.807, 2.05) is 0 Å². The highest BCUT2D eigenvalue weighted by Gasteiger charge is 2.14. The van der Waals surface area contributed by atoms with Gasteiger partial charge in [-0.05, 0) is 18.6 Å². The van der Waals surface area contributed by atoms with Crippen molar-refractivity contribution < 1.29 is 8.42 Å². The predicted octanol–water partition coefficient (Wildman–Crippen LogP) is 0.350. The van der Waals surface area contributed by atoms with Crippen molar-refractivity contribution in [2.24, 2.45) is 5.73 Å². The third kappa shape index (κ3) is 4.31. The van der Waals surface area contributed by atoms with E-state index >= 15 is 0 Å². The molecule has 0 unspecified atom stereocenters. The van der Waals surface area contributed by atoms with Crippen molar-refractivity contribution in [1.82, 2.24) is 19.9 Å². The monoisotopic (exact) mass is 325 g/mol. The Labute approximate surface area is 128 Å². The molecule has 2 aromatic rings. The fourth-order valence-corrected chi connectivity index (χ4v) is 2.96. The number of nitrogens with zero attached hydrogens (tertiary/aromatic N) is 2. The first-order valence-corrected chi connectivity index (χ1v) is 8.12. The van der Waals surface area contributed by atoms with Crippen LogP contribution in [0.3, 0.4) is 0 Å². The first-order valence-electron chi connectivity index (χ1n) is 6.23. The molecule has 7 nitrogen and oxygen atoms in total. The Kier molecular flexibility index (Phi) is 4.99. The molecule has 0 bridgehead atoms. The highest BCUT2D eigenvalue weighted by molar-refractivity contribution is 7.89. The highest BCUT2D eigenvalue weighted by Crippen LogP contribution is 2.11. The molecule has 0 saturated carbocycles. The van der Waals surface area contributed by atoms with E-state index in [2.05, 4.69) is 19.9 Å². The lowest BCUT2D eigenvalue weighted by molar-refractivity contribution is 0.578. The van der Waals surface area contributed by atoms with Crippen LogP contribution in [-0.2, 0) is 16.4 Å². The Morgan fingerprint density at radius 1 is 1.43 bits per heavy atom. The van der Waals surface area contributed by atoms with E-state index < -0.39 is 10.0 Å². The van der Waals surface area contributed by atoms with Crippen LogP contribution in [0.4, 0.5) is 0 Å². The van der Waals surface area contributed by atoms with Crippen LogP contribution in [0.25, 0.3) is 0 Å². The summed E-state index contributed by atoms with van der Waals surface area (Å²) in [5, 5.41) is 6.44. The summed E-state index contributed by atoms with van der Waals surface area (Å²) in [4.78, 5) is 4.28. The van der Waals surface area contributed by atoms with Gasteiger partial charge in [-0.15, -0.1) is 0 Å². The summed E-state index contributed by atoms with van der Waals surface area (Å²) < 4.78 is 26.8. The molecule has 1 aromatic carbocycles. The maximum absolute atomic E-state index is 12.1. The van der Waals surface area contributed by atoms with E-state index in [0.29, 0.717) is 24.9 Å². The number of H-pyrrole nitrogens is 1. The molecule has 0 fully saturated rings. The van der Waals surface area contributed by atoms with Crippen molar-refractivity contribution in [3.05, 3.63) is 42.0 Å². The number of aryl methyl sites for hydroxylation is 1. The maximum Gasteiger partial charge on any atom is 0.240 e. The SMILES string of the molecule is NC(=S)c1cccc(S(=O)(=O)NCCCc2ncn[nH]2)c1. The fraction of sp³-hybridized carbons (Fsp3) is 0.250. The lowest BCUT2D eigenvalue weighted by Crippen LogP contribution is -2.25. The summed E-state index contributed by atoms with van der Waals surface area (Å²) in [6.07, 6.45) is 2.65. The number of rotatable bonds is 7. The number of hydrogen-bond donors (Lipinski definition) is 3. The Hall–Kier alpha value is -1.84. The van der Waals surface area contributed by atoms with E-state index in [4.69, 9.17) is 18.0 Å². The molecule has 2 rings (SSSR count). The molecular formula is C12H15N5O2S2. The van der Waals surface area contributed by atoms with Gasteiger partial charge < -0.3 is 5.73 Å². The van der Waals surface area contributed by atoms with Crippen LogP contribution in [0.2, 0.25) is 0 Å². The summed E-state index contributed by atoms with van der Waals surface area (Å²) in [6, 6.07) is 6.24. The number of hydrogen-bond acceptors (Lipinski definition) is 5. The molecule has 112 valence electrons. The van der Waals surface area contributed by atoms with Gasteiger partial charge in [0.1, 0.15) is 17.1 Å². The molecule has 4 N–H and O–H groups in total. The first kappa shape index (κ1) is 15.5. The zero-order valence-corrected chi connectivity index (χ0v) is 12.7. The molecule has 9 heteroatoms. The number of sulfonamides is 1. The third-order valence-corrected chi connectivity index (χ3v) is 4.47. The summed E-state index contributed by atoms with van der Waals surface area (Å²) in [5.74, 6) is 0.727. The van der Waals surface area contributed by atoms with Crippen LogP contribution in [-0.4, -0.2) is 35.1 Å². The molecule has 1 heterocycles. The fourth-order valence-electron chi connectivity index (χ4n) is 1.71. The molecule has 0 amide bonds. The zero-order valence-electron chi connectivity index (χ0n) is 11.1. The number of nitrogens with two attached hydrogens (primary N) is 1. The van der Waals surface area contributed by atoms with Gasteiger partial charge in [-0.3, -0.25) is 5.10 Å². The second kappa shape index (κ2) is 6.74. The van der Waals surface area contributed by atoms with Crippen molar-refractivity contribution in [2.75, 3.05) is 6.54 Å². The van der Waals surface area contributed by atoms with Gasteiger partial charge in [0.25, 0.3) is 0 Å². The quantitative estimate of drug-likeness (QED) is 0.500. The molecule has 0 aliphatic heterocycles. The average molecular weight is 325 g/mol. The number of aromatic nitrogens is 3. The van der Waals surface area contributed by atoms with Gasteiger partial charge >= 0.3 is 0 Å². The first-order chi connectivity index (χ1) is 9.99. The van der Waals surface area contributed by atoms with Crippen molar-refractivity contribution in [3.8, 4) is 0 Å². The Bertz CT molecular complexity index is 713. The van der Waals surface area contributed by atoms with Gasteiger partial charge in [0.2, 0.25) is 10.0 Å². The van der Waals surface area contributed by atoms with Crippen molar-refractivity contribution in [1.29, 1.82) is 0 Å². The lowest BCUT2D eigenvalue weighted by atomic mass is 10.2. The second-order valence-corrected chi connectivity index (χ2v) is 6.53. The van der Waals surface area contributed by atoms with Crippen molar-refractivity contribution in [2.45, 2.75) is 17.7 Å². The number of thiocarbonyl (C=S) groups is 1.